The van der Waals surface area contributed by atoms with Gasteiger partial charge in [-0.25, -0.2) is 12.8 Å². The van der Waals surface area contributed by atoms with E-state index in [0.29, 0.717) is 5.69 Å². The normalized spacial score (nSPS) is 11.4. The van der Waals surface area contributed by atoms with Crippen LogP contribution < -0.4 is 10.0 Å². The van der Waals surface area contributed by atoms with Gasteiger partial charge < -0.3 is 5.73 Å². The zero-order chi connectivity index (χ0) is 15.6. The van der Waals surface area contributed by atoms with Gasteiger partial charge in [0.1, 0.15) is 5.82 Å². The summed E-state index contributed by atoms with van der Waals surface area (Å²) in [5.74, 6) is -0.627. The van der Waals surface area contributed by atoms with Crippen LogP contribution in [0, 0.1) is 12.7 Å². The first-order valence-electron chi connectivity index (χ1n) is 6.51. The Morgan fingerprint density at radius 2 is 1.81 bits per heavy atom. The summed E-state index contributed by atoms with van der Waals surface area (Å²) in [6.45, 7) is 3.47. The molecule has 0 heterocycles. The molecule has 6 heteroatoms. The Morgan fingerprint density at radius 1 is 1.19 bits per heavy atom. The molecule has 0 aliphatic rings. The second-order valence-electron chi connectivity index (χ2n) is 4.62. The number of nitrogens with zero attached hydrogens (tertiary/aromatic N) is 1. The van der Waals surface area contributed by atoms with E-state index in [1.165, 1.54) is 17.3 Å². The predicted octanol–water partition coefficient (Wildman–Crippen LogP) is 2.93. The van der Waals surface area contributed by atoms with E-state index >= 15 is 0 Å². The van der Waals surface area contributed by atoms with Crippen molar-refractivity contribution >= 4 is 21.4 Å². The van der Waals surface area contributed by atoms with Crippen LogP contribution in [0.25, 0.3) is 0 Å². The number of rotatable bonds is 4. The maximum Gasteiger partial charge on any atom is 0.264 e. The first-order valence-corrected chi connectivity index (χ1v) is 7.95. The van der Waals surface area contributed by atoms with Gasteiger partial charge in [-0.05, 0) is 38.1 Å². The molecule has 2 aromatic rings. The number of hydrogen-bond acceptors (Lipinski definition) is 3. The topological polar surface area (TPSA) is 63.4 Å². The smallest absolute Gasteiger partial charge is 0.264 e. The van der Waals surface area contributed by atoms with Crippen molar-refractivity contribution in [3.8, 4) is 0 Å². The van der Waals surface area contributed by atoms with Gasteiger partial charge in [-0.15, -0.1) is 0 Å². The molecule has 112 valence electrons. The summed E-state index contributed by atoms with van der Waals surface area (Å²) in [6.07, 6.45) is 0. The van der Waals surface area contributed by atoms with E-state index in [9.17, 15) is 12.8 Å². The van der Waals surface area contributed by atoms with Crippen LogP contribution in [0.4, 0.5) is 15.8 Å². The minimum absolute atomic E-state index is 0.123. The van der Waals surface area contributed by atoms with Gasteiger partial charge >= 0.3 is 0 Å². The third-order valence-corrected chi connectivity index (χ3v) is 5.16. The zero-order valence-corrected chi connectivity index (χ0v) is 12.7. The Kier molecular flexibility index (Phi) is 4.18. The van der Waals surface area contributed by atoms with E-state index in [1.54, 1.807) is 37.3 Å². The number of anilines is 2. The summed E-state index contributed by atoms with van der Waals surface area (Å²) in [5, 5.41) is 0. The van der Waals surface area contributed by atoms with Gasteiger partial charge in [-0.3, -0.25) is 4.31 Å². The molecule has 4 nitrogen and oxygen atoms in total. The standard InChI is InChI=1S/C15H17FN2O2S/c1-3-18(12-7-5-4-6-8-12)21(19,20)13-9-14(16)11(2)15(17)10-13/h4-10H,3,17H2,1-2H3. The van der Waals surface area contributed by atoms with Crippen LogP contribution in [0.2, 0.25) is 0 Å². The number of halogens is 1. The highest BCUT2D eigenvalue weighted by Crippen LogP contribution is 2.27. The Hall–Kier alpha value is -2.08. The molecule has 0 atom stereocenters. The minimum atomic E-state index is -3.85. The maximum atomic E-state index is 13.8. The molecule has 0 unspecified atom stereocenters. The molecule has 2 aromatic carbocycles. The summed E-state index contributed by atoms with van der Waals surface area (Å²) >= 11 is 0. The van der Waals surface area contributed by atoms with Crippen LogP contribution in [0.1, 0.15) is 12.5 Å². The van der Waals surface area contributed by atoms with Crippen LogP contribution >= 0.6 is 0 Å². The molecule has 0 aliphatic heterocycles. The zero-order valence-electron chi connectivity index (χ0n) is 11.9. The summed E-state index contributed by atoms with van der Waals surface area (Å²) in [5.41, 5.74) is 6.57. The van der Waals surface area contributed by atoms with Crippen molar-refractivity contribution in [3.63, 3.8) is 0 Å². The number of hydrogen-bond donors (Lipinski definition) is 1. The molecule has 0 spiro atoms. The van der Waals surface area contributed by atoms with E-state index in [4.69, 9.17) is 5.73 Å². The highest BCUT2D eigenvalue weighted by Gasteiger charge is 2.25. The molecule has 0 bridgehead atoms. The van der Waals surface area contributed by atoms with Crippen molar-refractivity contribution in [1.29, 1.82) is 0 Å². The van der Waals surface area contributed by atoms with Gasteiger partial charge in [0.25, 0.3) is 10.0 Å². The fourth-order valence-corrected chi connectivity index (χ4v) is 3.56. The third-order valence-electron chi connectivity index (χ3n) is 3.28. The predicted molar refractivity (Wildman–Crippen MR) is 82.2 cm³/mol. The molecule has 2 N–H and O–H groups in total. The average Bonchev–Trinajstić information content (AvgIpc) is 2.45. The SMILES string of the molecule is CCN(c1ccccc1)S(=O)(=O)c1cc(N)c(C)c(F)c1. The lowest BCUT2D eigenvalue weighted by Gasteiger charge is -2.23. The fraction of sp³-hybridized carbons (Fsp3) is 0.200. The van der Waals surface area contributed by atoms with Crippen molar-refractivity contribution < 1.29 is 12.8 Å². The molecule has 0 aromatic heterocycles. The van der Waals surface area contributed by atoms with E-state index in [-0.39, 0.29) is 22.7 Å². The molecule has 2 rings (SSSR count). The molecule has 0 saturated heterocycles. The number of nitrogen functional groups attached to an aromatic ring is 1. The lowest BCUT2D eigenvalue weighted by Crippen LogP contribution is -2.31. The first-order chi connectivity index (χ1) is 9.87. The van der Waals surface area contributed by atoms with E-state index < -0.39 is 15.8 Å². The largest absolute Gasteiger partial charge is 0.398 e. The van der Waals surface area contributed by atoms with Crippen molar-refractivity contribution in [2.24, 2.45) is 0 Å². The molecule has 0 aliphatic carbocycles. The fourth-order valence-electron chi connectivity index (χ4n) is 2.04. The number of benzene rings is 2. The summed E-state index contributed by atoms with van der Waals surface area (Å²) in [7, 11) is -3.85. The van der Waals surface area contributed by atoms with E-state index in [1.807, 2.05) is 0 Å². The van der Waals surface area contributed by atoms with Gasteiger partial charge in [0.15, 0.2) is 0 Å². The Balaban J connectivity index is 2.55. The monoisotopic (exact) mass is 308 g/mol. The molecule has 21 heavy (non-hydrogen) atoms. The van der Waals surface area contributed by atoms with Crippen molar-refractivity contribution in [3.05, 3.63) is 53.8 Å². The summed E-state index contributed by atoms with van der Waals surface area (Å²) in [6, 6.07) is 11.0. The highest BCUT2D eigenvalue weighted by molar-refractivity contribution is 7.92. The van der Waals surface area contributed by atoms with Gasteiger partial charge in [0.05, 0.1) is 10.6 Å². The van der Waals surface area contributed by atoms with Crippen molar-refractivity contribution in [2.75, 3.05) is 16.6 Å². The van der Waals surface area contributed by atoms with Gasteiger partial charge in [-0.1, -0.05) is 18.2 Å². The lowest BCUT2D eigenvalue weighted by atomic mass is 10.2. The molecule has 0 fully saturated rings. The summed E-state index contributed by atoms with van der Waals surface area (Å²) < 4.78 is 40.4. The van der Waals surface area contributed by atoms with Gasteiger partial charge in [-0.2, -0.15) is 0 Å². The van der Waals surface area contributed by atoms with E-state index in [0.717, 1.165) is 6.07 Å². The van der Waals surface area contributed by atoms with Crippen molar-refractivity contribution in [1.82, 2.24) is 0 Å². The highest BCUT2D eigenvalue weighted by atomic mass is 32.2. The molecule has 0 amide bonds. The Morgan fingerprint density at radius 3 is 2.33 bits per heavy atom. The van der Waals surface area contributed by atoms with Crippen LogP contribution in [0.15, 0.2) is 47.4 Å². The summed E-state index contributed by atoms with van der Waals surface area (Å²) in [4.78, 5) is -0.145. The van der Waals surface area contributed by atoms with Crippen LogP contribution in [-0.4, -0.2) is 15.0 Å². The molecular formula is C15H17FN2O2S. The molecular weight excluding hydrogens is 291 g/mol. The van der Waals surface area contributed by atoms with E-state index in [2.05, 4.69) is 0 Å². The quantitative estimate of drug-likeness (QED) is 0.883. The minimum Gasteiger partial charge on any atom is -0.398 e. The van der Waals surface area contributed by atoms with Gasteiger partial charge in [0.2, 0.25) is 0 Å². The molecule has 0 saturated carbocycles. The second-order valence-corrected chi connectivity index (χ2v) is 6.49. The average molecular weight is 308 g/mol. The number of sulfonamides is 1. The Labute approximate surface area is 124 Å². The second kappa shape index (κ2) is 5.73. The van der Waals surface area contributed by atoms with Crippen LogP contribution in [0.5, 0.6) is 0 Å². The van der Waals surface area contributed by atoms with Crippen LogP contribution in [0.3, 0.4) is 0 Å². The first kappa shape index (κ1) is 15.3. The lowest BCUT2D eigenvalue weighted by molar-refractivity contribution is 0.586. The molecule has 0 radical (unpaired) electrons. The Bertz CT molecular complexity index is 723. The third kappa shape index (κ3) is 2.85. The number of nitrogens with two attached hydrogens (primary N) is 1. The van der Waals surface area contributed by atoms with Crippen molar-refractivity contribution in [2.45, 2.75) is 18.7 Å². The number of para-hydroxylation sites is 1. The van der Waals surface area contributed by atoms with Gasteiger partial charge in [0, 0.05) is 17.8 Å². The maximum absolute atomic E-state index is 13.8. The van der Waals surface area contributed by atoms with Crippen LogP contribution in [-0.2, 0) is 10.0 Å².